The van der Waals surface area contributed by atoms with Crippen molar-refractivity contribution in [2.24, 2.45) is 10.9 Å². The van der Waals surface area contributed by atoms with E-state index in [1.807, 2.05) is 13.1 Å². The Morgan fingerprint density at radius 1 is 1.18 bits per heavy atom. The third-order valence-electron chi connectivity index (χ3n) is 6.43. The minimum atomic E-state index is 0. The van der Waals surface area contributed by atoms with Crippen LogP contribution in [0.3, 0.4) is 0 Å². The molecular weight excluding hydrogens is 463 g/mol. The molecule has 2 atom stereocenters. The SMILES string of the molecule is CN=C(NCC1CCOc2ccccc21)NC1CCN(CC2CCCC2)C1.I. The Kier molecular flexibility index (Phi) is 8.26. The smallest absolute Gasteiger partial charge is 0.191 e. The van der Waals surface area contributed by atoms with Crippen LogP contribution in [-0.4, -0.2) is 56.7 Å². The zero-order chi connectivity index (χ0) is 18.5. The van der Waals surface area contributed by atoms with Gasteiger partial charge in [-0.25, -0.2) is 0 Å². The lowest BCUT2D eigenvalue weighted by molar-refractivity contribution is 0.266. The highest BCUT2D eigenvalue weighted by Crippen LogP contribution is 2.32. The highest BCUT2D eigenvalue weighted by atomic mass is 127. The molecule has 2 heterocycles. The van der Waals surface area contributed by atoms with E-state index >= 15 is 0 Å². The number of aliphatic imine (C=N–C) groups is 1. The highest BCUT2D eigenvalue weighted by Gasteiger charge is 2.27. The van der Waals surface area contributed by atoms with Gasteiger partial charge in [-0.3, -0.25) is 4.99 Å². The summed E-state index contributed by atoms with van der Waals surface area (Å²) in [6, 6.07) is 8.93. The van der Waals surface area contributed by atoms with Crippen molar-refractivity contribution >= 4 is 29.9 Å². The molecule has 6 heteroatoms. The summed E-state index contributed by atoms with van der Waals surface area (Å²) in [5, 5.41) is 7.21. The van der Waals surface area contributed by atoms with Crippen LogP contribution in [0, 0.1) is 5.92 Å². The molecule has 0 amide bonds. The van der Waals surface area contributed by atoms with Crippen molar-refractivity contribution in [2.45, 2.75) is 50.5 Å². The van der Waals surface area contributed by atoms with Crippen LogP contribution < -0.4 is 15.4 Å². The number of likely N-dealkylation sites (tertiary alicyclic amines) is 1. The summed E-state index contributed by atoms with van der Waals surface area (Å²) in [5.74, 6) is 3.40. The van der Waals surface area contributed by atoms with Crippen molar-refractivity contribution in [2.75, 3.05) is 39.8 Å². The largest absolute Gasteiger partial charge is 0.493 e. The zero-order valence-corrected chi connectivity index (χ0v) is 19.4. The van der Waals surface area contributed by atoms with Gasteiger partial charge in [0.05, 0.1) is 6.61 Å². The second-order valence-corrected chi connectivity index (χ2v) is 8.36. The molecule has 2 fully saturated rings. The van der Waals surface area contributed by atoms with E-state index in [4.69, 9.17) is 4.74 Å². The van der Waals surface area contributed by atoms with Gasteiger partial charge in [0.1, 0.15) is 5.75 Å². The fourth-order valence-corrected chi connectivity index (χ4v) is 4.91. The van der Waals surface area contributed by atoms with E-state index in [2.05, 4.69) is 38.7 Å². The molecule has 0 radical (unpaired) electrons. The fourth-order valence-electron chi connectivity index (χ4n) is 4.91. The first-order valence-electron chi connectivity index (χ1n) is 10.7. The van der Waals surface area contributed by atoms with Crippen molar-refractivity contribution in [3.8, 4) is 5.75 Å². The van der Waals surface area contributed by atoms with Crippen molar-refractivity contribution in [1.82, 2.24) is 15.5 Å². The summed E-state index contributed by atoms with van der Waals surface area (Å²) in [7, 11) is 1.87. The molecule has 0 spiro atoms. The average Bonchev–Trinajstić information content (AvgIpc) is 3.37. The van der Waals surface area contributed by atoms with Crippen LogP contribution in [-0.2, 0) is 0 Å². The minimum Gasteiger partial charge on any atom is -0.493 e. The van der Waals surface area contributed by atoms with Crippen molar-refractivity contribution in [1.29, 1.82) is 0 Å². The van der Waals surface area contributed by atoms with E-state index in [0.717, 1.165) is 43.7 Å². The van der Waals surface area contributed by atoms with E-state index in [0.29, 0.717) is 12.0 Å². The molecule has 2 N–H and O–H groups in total. The Morgan fingerprint density at radius 3 is 2.82 bits per heavy atom. The highest BCUT2D eigenvalue weighted by molar-refractivity contribution is 14.0. The third kappa shape index (κ3) is 5.53. The predicted octanol–water partition coefficient (Wildman–Crippen LogP) is 3.60. The Bertz CT molecular complexity index is 647. The van der Waals surface area contributed by atoms with Crippen LogP contribution in [0.25, 0.3) is 0 Å². The van der Waals surface area contributed by atoms with Crippen LogP contribution >= 0.6 is 24.0 Å². The Labute approximate surface area is 186 Å². The molecule has 0 bridgehead atoms. The molecule has 1 saturated heterocycles. The van der Waals surface area contributed by atoms with E-state index in [1.54, 1.807) is 0 Å². The third-order valence-corrected chi connectivity index (χ3v) is 6.43. The maximum absolute atomic E-state index is 5.78. The number of rotatable bonds is 5. The number of hydrogen-bond donors (Lipinski definition) is 2. The molecule has 3 aliphatic rings. The number of fused-ring (bicyclic) bond motifs is 1. The molecule has 0 aromatic heterocycles. The summed E-state index contributed by atoms with van der Waals surface area (Å²) < 4.78 is 5.78. The first kappa shape index (κ1) is 21.7. The van der Waals surface area contributed by atoms with Gasteiger partial charge in [0, 0.05) is 45.2 Å². The van der Waals surface area contributed by atoms with Gasteiger partial charge in [-0.2, -0.15) is 0 Å². The van der Waals surface area contributed by atoms with Crippen LogP contribution in [0.1, 0.15) is 50.0 Å². The molecular formula is C22H35IN4O. The van der Waals surface area contributed by atoms with Gasteiger partial charge in [-0.15, -0.1) is 24.0 Å². The Balaban J connectivity index is 0.00000225. The quantitative estimate of drug-likeness (QED) is 0.370. The van der Waals surface area contributed by atoms with Crippen molar-refractivity contribution < 1.29 is 4.74 Å². The lowest BCUT2D eigenvalue weighted by Crippen LogP contribution is -2.46. The number of nitrogens with zero attached hydrogens (tertiary/aromatic N) is 2. The lowest BCUT2D eigenvalue weighted by Gasteiger charge is -2.27. The van der Waals surface area contributed by atoms with E-state index < -0.39 is 0 Å². The van der Waals surface area contributed by atoms with Gasteiger partial charge >= 0.3 is 0 Å². The van der Waals surface area contributed by atoms with E-state index in [-0.39, 0.29) is 24.0 Å². The molecule has 2 unspecified atom stereocenters. The summed E-state index contributed by atoms with van der Waals surface area (Å²) in [6.45, 7) is 5.37. The second-order valence-electron chi connectivity index (χ2n) is 8.36. The molecule has 28 heavy (non-hydrogen) atoms. The normalized spacial score (nSPS) is 25.7. The number of nitrogens with one attached hydrogen (secondary N) is 2. The van der Waals surface area contributed by atoms with Crippen LogP contribution in [0.4, 0.5) is 0 Å². The molecule has 4 rings (SSSR count). The number of guanidine groups is 1. The maximum atomic E-state index is 5.78. The molecule has 1 saturated carbocycles. The van der Waals surface area contributed by atoms with Gasteiger partial charge in [-0.05, 0) is 43.2 Å². The molecule has 5 nitrogen and oxygen atoms in total. The number of benzene rings is 1. The van der Waals surface area contributed by atoms with Crippen LogP contribution in [0.2, 0.25) is 0 Å². The summed E-state index contributed by atoms with van der Waals surface area (Å²) in [5.41, 5.74) is 1.32. The van der Waals surface area contributed by atoms with E-state index in [1.165, 1.54) is 50.8 Å². The number of halogens is 1. The first-order valence-corrected chi connectivity index (χ1v) is 10.7. The predicted molar refractivity (Wildman–Crippen MR) is 126 cm³/mol. The standard InChI is InChI=1S/C22H34N4O.HI/c1-23-22(24-14-18-11-13-27-21-9-5-4-8-20(18)21)25-19-10-12-26(16-19)15-17-6-2-3-7-17;/h4-5,8-9,17-19H,2-3,6-7,10-16H2,1H3,(H2,23,24,25);1H. The summed E-state index contributed by atoms with van der Waals surface area (Å²) in [4.78, 5) is 7.11. The van der Waals surface area contributed by atoms with Gasteiger partial charge < -0.3 is 20.3 Å². The molecule has 1 aliphatic carbocycles. The maximum Gasteiger partial charge on any atom is 0.191 e. The van der Waals surface area contributed by atoms with Gasteiger partial charge in [0.25, 0.3) is 0 Å². The number of hydrogen-bond acceptors (Lipinski definition) is 3. The lowest BCUT2D eigenvalue weighted by atomic mass is 9.93. The number of para-hydroxylation sites is 1. The second kappa shape index (κ2) is 10.7. The first-order chi connectivity index (χ1) is 13.3. The monoisotopic (exact) mass is 498 g/mol. The summed E-state index contributed by atoms with van der Waals surface area (Å²) in [6.07, 6.45) is 8.01. The minimum absolute atomic E-state index is 0. The van der Waals surface area contributed by atoms with Crippen LogP contribution in [0.15, 0.2) is 29.3 Å². The van der Waals surface area contributed by atoms with Crippen molar-refractivity contribution in [3.05, 3.63) is 29.8 Å². The summed E-state index contributed by atoms with van der Waals surface area (Å²) >= 11 is 0. The van der Waals surface area contributed by atoms with E-state index in [9.17, 15) is 0 Å². The molecule has 1 aromatic carbocycles. The number of ether oxygens (including phenoxy) is 1. The van der Waals surface area contributed by atoms with Crippen LogP contribution in [0.5, 0.6) is 5.75 Å². The average molecular weight is 498 g/mol. The Morgan fingerprint density at radius 2 is 2.00 bits per heavy atom. The van der Waals surface area contributed by atoms with Crippen molar-refractivity contribution in [3.63, 3.8) is 0 Å². The Hall–Kier alpha value is -1.02. The van der Waals surface area contributed by atoms with Gasteiger partial charge in [0.15, 0.2) is 5.96 Å². The van der Waals surface area contributed by atoms with Gasteiger partial charge in [-0.1, -0.05) is 31.0 Å². The molecule has 156 valence electrons. The topological polar surface area (TPSA) is 48.9 Å². The molecule has 1 aromatic rings. The molecule has 2 aliphatic heterocycles. The fraction of sp³-hybridized carbons (Fsp3) is 0.682. The van der Waals surface area contributed by atoms with Gasteiger partial charge in [0.2, 0.25) is 0 Å². The zero-order valence-electron chi connectivity index (χ0n) is 17.0.